The maximum atomic E-state index is 12.8. The largest absolute Gasteiger partial charge is 0.330 e. The molecular weight excluding hydrogens is 217 g/mol. The summed E-state index contributed by atoms with van der Waals surface area (Å²) < 4.78 is 36.3. The Kier molecular flexibility index (Phi) is 3.82. The molecule has 0 heterocycles. The van der Waals surface area contributed by atoms with Gasteiger partial charge in [0.15, 0.2) is 9.84 Å². The summed E-state index contributed by atoms with van der Waals surface area (Å²) >= 11 is 0. The molecule has 0 unspecified atom stereocenters. The second-order valence-electron chi connectivity index (χ2n) is 3.37. The first-order valence-corrected chi connectivity index (χ1v) is 6.31. The Balaban J connectivity index is 3.05. The van der Waals surface area contributed by atoms with Crippen molar-refractivity contribution in [1.82, 2.24) is 0 Å². The van der Waals surface area contributed by atoms with Crippen molar-refractivity contribution in [2.75, 3.05) is 12.3 Å². The molecule has 15 heavy (non-hydrogen) atoms. The molecule has 0 bridgehead atoms. The highest BCUT2D eigenvalue weighted by atomic mass is 32.2. The van der Waals surface area contributed by atoms with E-state index in [1.165, 1.54) is 12.1 Å². The van der Waals surface area contributed by atoms with Gasteiger partial charge < -0.3 is 5.73 Å². The number of nitrogens with two attached hydrogens (primary N) is 1. The first-order chi connectivity index (χ1) is 6.97. The van der Waals surface area contributed by atoms with Gasteiger partial charge in [0.2, 0.25) is 0 Å². The predicted octanol–water partition coefficient (Wildman–Crippen LogP) is 1.26. The van der Waals surface area contributed by atoms with E-state index in [0.29, 0.717) is 18.5 Å². The average Bonchev–Trinajstić information content (AvgIpc) is 2.14. The Bertz CT molecular complexity index is 443. The number of sulfone groups is 1. The van der Waals surface area contributed by atoms with Crippen LogP contribution in [0.4, 0.5) is 4.39 Å². The van der Waals surface area contributed by atoms with Crippen molar-refractivity contribution < 1.29 is 12.8 Å². The van der Waals surface area contributed by atoms with Crippen molar-refractivity contribution in [3.05, 3.63) is 29.6 Å². The van der Waals surface area contributed by atoms with Crippen LogP contribution in [0.5, 0.6) is 0 Å². The summed E-state index contributed by atoms with van der Waals surface area (Å²) in [6.07, 6.45) is 0.416. The van der Waals surface area contributed by atoms with Gasteiger partial charge in [-0.15, -0.1) is 0 Å². The molecule has 1 aromatic carbocycles. The molecule has 0 aliphatic rings. The zero-order valence-corrected chi connectivity index (χ0v) is 9.35. The van der Waals surface area contributed by atoms with E-state index in [-0.39, 0.29) is 10.6 Å². The van der Waals surface area contributed by atoms with Crippen LogP contribution in [-0.2, 0) is 9.84 Å². The fraction of sp³-hybridized carbons (Fsp3) is 0.400. The number of aryl methyl sites for hydroxylation is 1. The van der Waals surface area contributed by atoms with Gasteiger partial charge in [-0.2, -0.15) is 0 Å². The van der Waals surface area contributed by atoms with Crippen molar-refractivity contribution in [3.8, 4) is 0 Å². The molecule has 84 valence electrons. The molecule has 0 saturated carbocycles. The predicted molar refractivity (Wildman–Crippen MR) is 56.9 cm³/mol. The fourth-order valence-corrected chi connectivity index (χ4v) is 2.94. The van der Waals surface area contributed by atoms with Crippen molar-refractivity contribution >= 4 is 9.84 Å². The summed E-state index contributed by atoms with van der Waals surface area (Å²) in [6.45, 7) is 1.91. The summed E-state index contributed by atoms with van der Waals surface area (Å²) in [5.74, 6) is -0.416. The van der Waals surface area contributed by atoms with Crippen LogP contribution >= 0.6 is 0 Å². The van der Waals surface area contributed by atoms with E-state index in [9.17, 15) is 12.8 Å². The van der Waals surface area contributed by atoms with Crippen LogP contribution in [0.2, 0.25) is 0 Å². The van der Waals surface area contributed by atoms with Crippen LogP contribution in [0.3, 0.4) is 0 Å². The number of hydrogen-bond acceptors (Lipinski definition) is 3. The van der Waals surface area contributed by atoms with Crippen LogP contribution in [0.25, 0.3) is 0 Å². The molecule has 0 fully saturated rings. The fourth-order valence-electron chi connectivity index (χ4n) is 1.35. The molecular formula is C10H14FNO2S. The molecule has 0 atom stereocenters. The number of hydrogen-bond donors (Lipinski definition) is 1. The summed E-state index contributed by atoms with van der Waals surface area (Å²) in [6, 6.07) is 3.67. The van der Waals surface area contributed by atoms with Crippen LogP contribution in [-0.4, -0.2) is 20.7 Å². The van der Waals surface area contributed by atoms with Gasteiger partial charge in [0.25, 0.3) is 0 Å². The lowest BCUT2D eigenvalue weighted by atomic mass is 10.2. The van der Waals surface area contributed by atoms with E-state index in [2.05, 4.69) is 0 Å². The lowest BCUT2D eigenvalue weighted by molar-refractivity contribution is 0.591. The second kappa shape index (κ2) is 4.72. The lowest BCUT2D eigenvalue weighted by Gasteiger charge is -2.06. The summed E-state index contributed by atoms with van der Waals surface area (Å²) in [5.41, 5.74) is 5.69. The highest BCUT2D eigenvalue weighted by Crippen LogP contribution is 2.17. The topological polar surface area (TPSA) is 60.2 Å². The van der Waals surface area contributed by atoms with Crippen molar-refractivity contribution in [2.24, 2.45) is 5.73 Å². The first kappa shape index (κ1) is 12.1. The Morgan fingerprint density at radius 3 is 2.60 bits per heavy atom. The number of benzene rings is 1. The monoisotopic (exact) mass is 231 g/mol. The van der Waals surface area contributed by atoms with Crippen molar-refractivity contribution in [2.45, 2.75) is 18.2 Å². The van der Waals surface area contributed by atoms with Gasteiger partial charge in [0.05, 0.1) is 10.6 Å². The third-order valence-corrected chi connectivity index (χ3v) is 4.04. The molecule has 0 aromatic heterocycles. The van der Waals surface area contributed by atoms with Crippen LogP contribution in [0, 0.1) is 12.7 Å². The smallest absolute Gasteiger partial charge is 0.178 e. The molecule has 2 N–H and O–H groups in total. The van der Waals surface area contributed by atoms with Gasteiger partial charge in [0.1, 0.15) is 5.82 Å². The molecule has 5 heteroatoms. The van der Waals surface area contributed by atoms with E-state index in [0.717, 1.165) is 6.07 Å². The Hall–Kier alpha value is -0.940. The molecule has 3 nitrogen and oxygen atoms in total. The zero-order valence-electron chi connectivity index (χ0n) is 8.53. The van der Waals surface area contributed by atoms with Crippen LogP contribution in [0.1, 0.15) is 12.0 Å². The van der Waals surface area contributed by atoms with Gasteiger partial charge >= 0.3 is 0 Å². The maximum absolute atomic E-state index is 12.8. The van der Waals surface area contributed by atoms with Gasteiger partial charge in [-0.3, -0.25) is 0 Å². The maximum Gasteiger partial charge on any atom is 0.178 e. The number of halogens is 1. The van der Waals surface area contributed by atoms with Gasteiger partial charge in [-0.25, -0.2) is 12.8 Å². The van der Waals surface area contributed by atoms with Crippen molar-refractivity contribution in [3.63, 3.8) is 0 Å². The second-order valence-corrected chi connectivity index (χ2v) is 5.45. The van der Waals surface area contributed by atoms with Gasteiger partial charge in [0, 0.05) is 0 Å². The molecule has 1 rings (SSSR count). The summed E-state index contributed by atoms with van der Waals surface area (Å²) in [5, 5.41) is 0. The Morgan fingerprint density at radius 1 is 1.40 bits per heavy atom. The summed E-state index contributed by atoms with van der Waals surface area (Å²) in [7, 11) is -3.32. The molecule has 0 aliphatic carbocycles. The van der Waals surface area contributed by atoms with Crippen LogP contribution in [0.15, 0.2) is 23.1 Å². The standard InChI is InChI=1S/C10H14FNO2S/c1-8-7-9(11)3-4-10(8)15(13,14)6-2-5-12/h3-4,7H,2,5-6,12H2,1H3. The normalized spacial score (nSPS) is 11.7. The van der Waals surface area contributed by atoms with E-state index in [4.69, 9.17) is 5.73 Å². The summed E-state index contributed by atoms with van der Waals surface area (Å²) in [4.78, 5) is 0.192. The molecule has 0 amide bonds. The highest BCUT2D eigenvalue weighted by molar-refractivity contribution is 7.91. The molecule has 0 spiro atoms. The van der Waals surface area contributed by atoms with Gasteiger partial charge in [-0.05, 0) is 43.7 Å². The molecule has 1 aromatic rings. The first-order valence-electron chi connectivity index (χ1n) is 4.66. The van der Waals surface area contributed by atoms with E-state index in [1.807, 2.05) is 0 Å². The minimum atomic E-state index is -3.32. The quantitative estimate of drug-likeness (QED) is 0.793. The Labute approximate surface area is 89.0 Å². The SMILES string of the molecule is Cc1cc(F)ccc1S(=O)(=O)CCCN. The number of rotatable bonds is 4. The van der Waals surface area contributed by atoms with Crippen molar-refractivity contribution in [1.29, 1.82) is 0 Å². The van der Waals surface area contributed by atoms with Crippen LogP contribution < -0.4 is 5.73 Å². The third-order valence-electron chi connectivity index (χ3n) is 2.09. The Morgan fingerprint density at radius 2 is 2.07 bits per heavy atom. The average molecular weight is 231 g/mol. The highest BCUT2D eigenvalue weighted by Gasteiger charge is 2.16. The van der Waals surface area contributed by atoms with E-state index >= 15 is 0 Å². The van der Waals surface area contributed by atoms with E-state index in [1.54, 1.807) is 6.92 Å². The molecule has 0 aliphatic heterocycles. The van der Waals surface area contributed by atoms with E-state index < -0.39 is 15.7 Å². The minimum Gasteiger partial charge on any atom is -0.330 e. The zero-order chi connectivity index (χ0) is 11.5. The van der Waals surface area contributed by atoms with Gasteiger partial charge in [-0.1, -0.05) is 0 Å². The molecule has 0 saturated heterocycles. The molecule has 0 radical (unpaired) electrons. The lowest BCUT2D eigenvalue weighted by Crippen LogP contribution is -2.12. The minimum absolute atomic E-state index is 0.00989. The third kappa shape index (κ3) is 3.00.